The van der Waals surface area contributed by atoms with Gasteiger partial charge in [0, 0.05) is 15.2 Å². The molecule has 0 aliphatic carbocycles. The first-order valence-electron chi connectivity index (χ1n) is 5.77. The summed E-state index contributed by atoms with van der Waals surface area (Å²) >= 11 is 3.46. The Labute approximate surface area is 118 Å². The molecule has 0 radical (unpaired) electrons. The summed E-state index contributed by atoms with van der Waals surface area (Å²) in [4.78, 5) is 16.3. The van der Waals surface area contributed by atoms with Crippen LogP contribution in [0.25, 0.3) is 21.7 Å². The van der Waals surface area contributed by atoms with E-state index in [2.05, 4.69) is 20.9 Å². The quantitative estimate of drug-likeness (QED) is 0.504. The molecule has 3 rings (SSSR count). The largest absolute Gasteiger partial charge is 0.464 e. The number of hydrogen-bond acceptors (Lipinski definition) is 3. The van der Waals surface area contributed by atoms with Gasteiger partial charge in [-0.25, -0.2) is 9.78 Å². The maximum absolute atomic E-state index is 11.9. The molecule has 0 N–H and O–H groups in total. The lowest BCUT2D eigenvalue weighted by Gasteiger charge is -2.08. The first-order chi connectivity index (χ1) is 9.20. The number of benzene rings is 2. The smallest absolute Gasteiger partial charge is 0.357 e. The second kappa shape index (κ2) is 4.63. The van der Waals surface area contributed by atoms with Gasteiger partial charge in [-0.3, -0.25) is 0 Å². The number of pyridine rings is 1. The van der Waals surface area contributed by atoms with Crippen molar-refractivity contribution < 1.29 is 9.53 Å². The molecule has 94 valence electrons. The van der Waals surface area contributed by atoms with Crippen molar-refractivity contribution in [2.24, 2.45) is 0 Å². The van der Waals surface area contributed by atoms with E-state index in [1.54, 1.807) is 0 Å². The molecule has 0 saturated carbocycles. The van der Waals surface area contributed by atoms with Gasteiger partial charge in [-0.15, -0.1) is 0 Å². The zero-order valence-electron chi connectivity index (χ0n) is 10.2. The van der Waals surface area contributed by atoms with Crippen molar-refractivity contribution in [1.29, 1.82) is 0 Å². The average Bonchev–Trinajstić information content (AvgIpc) is 2.45. The molecule has 0 amide bonds. The molecule has 0 unspecified atom stereocenters. The highest BCUT2D eigenvalue weighted by Crippen LogP contribution is 2.29. The van der Waals surface area contributed by atoms with Crippen molar-refractivity contribution in [3.63, 3.8) is 0 Å². The molecule has 0 fully saturated rings. The molecule has 0 aliphatic rings. The summed E-state index contributed by atoms with van der Waals surface area (Å²) in [6.45, 7) is 0. The molecule has 4 heteroatoms. The molecular formula is C15H10BrNO2. The average molecular weight is 316 g/mol. The van der Waals surface area contributed by atoms with Gasteiger partial charge in [0.05, 0.1) is 12.6 Å². The van der Waals surface area contributed by atoms with E-state index in [4.69, 9.17) is 4.74 Å². The topological polar surface area (TPSA) is 39.2 Å². The van der Waals surface area contributed by atoms with Crippen LogP contribution in [0.15, 0.2) is 46.9 Å². The van der Waals surface area contributed by atoms with Gasteiger partial charge in [0.25, 0.3) is 0 Å². The van der Waals surface area contributed by atoms with E-state index in [1.807, 2.05) is 42.5 Å². The van der Waals surface area contributed by atoms with Gasteiger partial charge in [0.15, 0.2) is 5.69 Å². The third-order valence-corrected chi connectivity index (χ3v) is 3.54. The van der Waals surface area contributed by atoms with Gasteiger partial charge in [-0.05, 0) is 23.6 Å². The van der Waals surface area contributed by atoms with E-state index < -0.39 is 5.97 Å². The molecule has 19 heavy (non-hydrogen) atoms. The standard InChI is InChI=1S/C15H10BrNO2/c1-19-15(18)14-11-7-6-9(16)8-12(11)10-4-2-3-5-13(10)17-14/h2-8H,1H3. The maximum atomic E-state index is 11.9. The van der Waals surface area contributed by atoms with Crippen LogP contribution >= 0.6 is 15.9 Å². The zero-order chi connectivity index (χ0) is 13.4. The highest BCUT2D eigenvalue weighted by molar-refractivity contribution is 9.10. The minimum Gasteiger partial charge on any atom is -0.464 e. The Morgan fingerprint density at radius 1 is 1.11 bits per heavy atom. The third kappa shape index (κ3) is 1.98. The summed E-state index contributed by atoms with van der Waals surface area (Å²) in [5.74, 6) is -0.418. The van der Waals surface area contributed by atoms with Crippen LogP contribution in [0.1, 0.15) is 10.5 Å². The zero-order valence-corrected chi connectivity index (χ0v) is 11.8. The molecule has 3 aromatic rings. The van der Waals surface area contributed by atoms with Crippen molar-refractivity contribution in [3.8, 4) is 0 Å². The van der Waals surface area contributed by atoms with E-state index in [0.717, 1.165) is 26.1 Å². The first kappa shape index (κ1) is 12.1. The molecule has 0 bridgehead atoms. The molecule has 0 atom stereocenters. The fourth-order valence-electron chi connectivity index (χ4n) is 2.18. The van der Waals surface area contributed by atoms with E-state index in [-0.39, 0.29) is 0 Å². The van der Waals surface area contributed by atoms with Crippen LogP contribution in [-0.2, 0) is 4.74 Å². The SMILES string of the molecule is COC(=O)c1nc2ccccc2c2cc(Br)ccc12. The van der Waals surface area contributed by atoms with Crippen LogP contribution < -0.4 is 0 Å². The van der Waals surface area contributed by atoms with E-state index in [0.29, 0.717) is 5.69 Å². The summed E-state index contributed by atoms with van der Waals surface area (Å²) in [6, 6.07) is 13.5. The van der Waals surface area contributed by atoms with Gasteiger partial charge < -0.3 is 4.74 Å². The molecule has 2 aromatic carbocycles. The number of fused-ring (bicyclic) bond motifs is 3. The Morgan fingerprint density at radius 3 is 2.68 bits per heavy atom. The van der Waals surface area contributed by atoms with Gasteiger partial charge in [0.1, 0.15) is 0 Å². The van der Waals surface area contributed by atoms with E-state index >= 15 is 0 Å². The predicted octanol–water partition coefficient (Wildman–Crippen LogP) is 3.94. The van der Waals surface area contributed by atoms with Crippen LogP contribution in [-0.4, -0.2) is 18.1 Å². The van der Waals surface area contributed by atoms with Crippen LogP contribution in [0, 0.1) is 0 Å². The Kier molecular flexibility index (Phi) is 2.95. The third-order valence-electron chi connectivity index (χ3n) is 3.04. The second-order valence-corrected chi connectivity index (χ2v) is 5.07. The van der Waals surface area contributed by atoms with Crippen molar-refractivity contribution in [2.45, 2.75) is 0 Å². The summed E-state index contributed by atoms with van der Waals surface area (Å²) in [5, 5.41) is 2.81. The molecule has 1 aromatic heterocycles. The van der Waals surface area contributed by atoms with Crippen molar-refractivity contribution >= 4 is 43.6 Å². The van der Waals surface area contributed by atoms with Gasteiger partial charge >= 0.3 is 5.97 Å². The number of methoxy groups -OCH3 is 1. The van der Waals surface area contributed by atoms with Crippen LogP contribution in [0.4, 0.5) is 0 Å². The van der Waals surface area contributed by atoms with E-state index in [1.165, 1.54) is 7.11 Å². The number of para-hydroxylation sites is 1. The molecule has 0 aliphatic heterocycles. The van der Waals surface area contributed by atoms with Gasteiger partial charge in [-0.1, -0.05) is 40.2 Å². The predicted molar refractivity (Wildman–Crippen MR) is 78.3 cm³/mol. The number of ether oxygens (including phenoxy) is 1. The Morgan fingerprint density at radius 2 is 1.89 bits per heavy atom. The van der Waals surface area contributed by atoms with Crippen molar-refractivity contribution in [3.05, 3.63) is 52.6 Å². The number of nitrogens with zero attached hydrogens (tertiary/aromatic N) is 1. The van der Waals surface area contributed by atoms with Crippen LogP contribution in [0.5, 0.6) is 0 Å². The Bertz CT molecular complexity index is 799. The number of carbonyl (C=O) groups is 1. The number of aromatic nitrogens is 1. The normalized spacial score (nSPS) is 10.8. The fourth-order valence-corrected chi connectivity index (χ4v) is 2.54. The summed E-state index contributed by atoms with van der Waals surface area (Å²) in [6.07, 6.45) is 0. The summed E-state index contributed by atoms with van der Waals surface area (Å²) in [5.41, 5.74) is 1.14. The molecule has 0 spiro atoms. The second-order valence-electron chi connectivity index (χ2n) is 4.16. The number of carbonyl (C=O) groups excluding carboxylic acids is 1. The van der Waals surface area contributed by atoms with Crippen LogP contribution in [0.2, 0.25) is 0 Å². The molecule has 1 heterocycles. The van der Waals surface area contributed by atoms with Crippen LogP contribution in [0.3, 0.4) is 0 Å². The lowest BCUT2D eigenvalue weighted by molar-refractivity contribution is 0.0597. The first-order valence-corrected chi connectivity index (χ1v) is 6.56. The minimum absolute atomic E-state index is 0.351. The van der Waals surface area contributed by atoms with Gasteiger partial charge in [0.2, 0.25) is 0 Å². The highest BCUT2D eigenvalue weighted by atomic mass is 79.9. The fraction of sp³-hybridized carbons (Fsp3) is 0.0667. The molecule has 0 saturated heterocycles. The minimum atomic E-state index is -0.418. The summed E-state index contributed by atoms with van der Waals surface area (Å²) < 4.78 is 5.78. The molecule has 3 nitrogen and oxygen atoms in total. The lowest BCUT2D eigenvalue weighted by Crippen LogP contribution is -2.05. The lowest BCUT2D eigenvalue weighted by atomic mass is 10.0. The summed E-state index contributed by atoms with van der Waals surface area (Å²) in [7, 11) is 1.36. The number of esters is 1. The Hall–Kier alpha value is -1.94. The van der Waals surface area contributed by atoms with Crippen molar-refractivity contribution in [2.75, 3.05) is 7.11 Å². The number of hydrogen-bond donors (Lipinski definition) is 0. The number of halogens is 1. The maximum Gasteiger partial charge on any atom is 0.357 e. The van der Waals surface area contributed by atoms with Gasteiger partial charge in [-0.2, -0.15) is 0 Å². The monoisotopic (exact) mass is 315 g/mol. The van der Waals surface area contributed by atoms with Crippen molar-refractivity contribution in [1.82, 2.24) is 4.98 Å². The Balaban J connectivity index is 2.51. The number of rotatable bonds is 1. The van der Waals surface area contributed by atoms with E-state index in [9.17, 15) is 4.79 Å². The molecular weight excluding hydrogens is 306 g/mol. The highest BCUT2D eigenvalue weighted by Gasteiger charge is 2.15.